The van der Waals surface area contributed by atoms with Crippen LogP contribution >= 0.6 is 0 Å². The lowest BCUT2D eigenvalue weighted by Gasteiger charge is -2.27. The third-order valence-corrected chi connectivity index (χ3v) is 6.39. The molecule has 0 bridgehead atoms. The van der Waals surface area contributed by atoms with Crippen molar-refractivity contribution >= 4 is 23.4 Å². The first kappa shape index (κ1) is 24.8. The van der Waals surface area contributed by atoms with Crippen LogP contribution in [0.1, 0.15) is 44.1 Å². The van der Waals surface area contributed by atoms with E-state index in [4.69, 9.17) is 13.0 Å². The molecule has 184 valence electrons. The molecule has 0 saturated heterocycles. The maximum Gasteiger partial charge on any atom is 0.242 e. The number of aromatic nitrogens is 3. The predicted octanol–water partition coefficient (Wildman–Crippen LogP) is 4.93. The van der Waals surface area contributed by atoms with Crippen molar-refractivity contribution < 1.29 is 4.79 Å². The zero-order valence-corrected chi connectivity index (χ0v) is 20.3. The number of anilines is 2. The van der Waals surface area contributed by atoms with Gasteiger partial charge in [0.2, 0.25) is 11.9 Å². The van der Waals surface area contributed by atoms with Crippen molar-refractivity contribution in [2.45, 2.75) is 51.1 Å². The molecule has 4 rings (SSSR count). The van der Waals surface area contributed by atoms with E-state index in [1.807, 2.05) is 47.3 Å². The van der Waals surface area contributed by atoms with Crippen molar-refractivity contribution in [3.8, 4) is 18.2 Å². The van der Waals surface area contributed by atoms with Gasteiger partial charge in [-0.15, -0.1) is 6.42 Å². The number of hydrogen-bond donors (Lipinski definition) is 3. The van der Waals surface area contributed by atoms with Crippen LogP contribution in [0.3, 0.4) is 0 Å². The van der Waals surface area contributed by atoms with Crippen LogP contribution in [0.4, 0.5) is 17.5 Å². The van der Waals surface area contributed by atoms with Crippen molar-refractivity contribution in [3.63, 3.8) is 0 Å². The molecule has 36 heavy (non-hydrogen) atoms. The Kier molecular flexibility index (Phi) is 8.56. The van der Waals surface area contributed by atoms with Crippen LogP contribution in [-0.2, 0) is 11.3 Å². The van der Waals surface area contributed by atoms with Crippen LogP contribution in [0.25, 0.3) is 10.7 Å². The summed E-state index contributed by atoms with van der Waals surface area (Å²) in [5, 5.41) is 9.50. The zero-order valence-electron chi connectivity index (χ0n) is 20.3. The summed E-state index contributed by atoms with van der Waals surface area (Å²) in [5.74, 6) is 4.60. The van der Waals surface area contributed by atoms with Crippen molar-refractivity contribution in [3.05, 3.63) is 71.8 Å². The molecule has 1 fully saturated rings. The molecule has 2 heterocycles. The van der Waals surface area contributed by atoms with Crippen molar-refractivity contribution in [1.29, 1.82) is 0 Å². The van der Waals surface area contributed by atoms with Gasteiger partial charge in [0, 0.05) is 25.0 Å². The first-order valence-corrected chi connectivity index (χ1v) is 12.3. The summed E-state index contributed by atoms with van der Waals surface area (Å²) < 4.78 is 1.89. The fourth-order valence-corrected chi connectivity index (χ4v) is 4.50. The van der Waals surface area contributed by atoms with Gasteiger partial charge in [0.1, 0.15) is 17.7 Å². The number of carbonyl (C=O) groups excluding carboxylic acids is 1. The average molecular weight is 482 g/mol. The smallest absolute Gasteiger partial charge is 0.242 e. The number of carbonyl (C=O) groups is 1. The largest absolute Gasteiger partial charge is 0.358 e. The fraction of sp³-hybridized carbons (Fsp3) is 0.357. The first-order chi connectivity index (χ1) is 17.6. The number of rotatable bonds is 10. The Labute approximate surface area is 212 Å². The molecule has 0 radical (unpaired) electrons. The molecule has 0 spiro atoms. The van der Waals surface area contributed by atoms with Crippen LogP contribution in [0.5, 0.6) is 0 Å². The zero-order chi connectivity index (χ0) is 25.2. The highest BCUT2D eigenvalue weighted by Crippen LogP contribution is 2.28. The molecule has 1 aliphatic rings. The molecule has 1 saturated carbocycles. The fourth-order valence-electron chi connectivity index (χ4n) is 4.50. The van der Waals surface area contributed by atoms with Crippen molar-refractivity contribution in [1.82, 2.24) is 19.9 Å². The van der Waals surface area contributed by atoms with Crippen LogP contribution < -0.4 is 16.0 Å². The van der Waals surface area contributed by atoms with Gasteiger partial charge in [-0.1, -0.05) is 62.3 Å². The Morgan fingerprint density at radius 3 is 2.61 bits per heavy atom. The van der Waals surface area contributed by atoms with Gasteiger partial charge in [-0.05, 0) is 30.0 Å². The molecule has 0 aliphatic heterocycles. The summed E-state index contributed by atoms with van der Waals surface area (Å²) in [6, 6.07) is 12.5. The van der Waals surface area contributed by atoms with E-state index in [0.717, 1.165) is 24.8 Å². The summed E-state index contributed by atoms with van der Waals surface area (Å²) in [5.41, 5.74) is 1.53. The second-order valence-electron chi connectivity index (χ2n) is 9.02. The second kappa shape index (κ2) is 12.4. The maximum atomic E-state index is 13.4. The van der Waals surface area contributed by atoms with Crippen LogP contribution in [0.2, 0.25) is 0 Å². The third kappa shape index (κ3) is 6.86. The van der Waals surface area contributed by atoms with Gasteiger partial charge in [0.25, 0.3) is 0 Å². The maximum absolute atomic E-state index is 13.4. The van der Waals surface area contributed by atoms with Gasteiger partial charge in [-0.3, -0.25) is 4.79 Å². The predicted molar refractivity (Wildman–Crippen MR) is 142 cm³/mol. The summed E-state index contributed by atoms with van der Waals surface area (Å²) >= 11 is 0. The highest BCUT2D eigenvalue weighted by molar-refractivity contribution is 5.84. The highest BCUT2D eigenvalue weighted by atomic mass is 16.2. The molecule has 1 atom stereocenters. The Morgan fingerprint density at radius 1 is 1.17 bits per heavy atom. The molecule has 3 N–H and O–H groups in total. The average Bonchev–Trinajstić information content (AvgIpc) is 3.46. The van der Waals surface area contributed by atoms with Gasteiger partial charge in [0.15, 0.2) is 5.69 Å². The Balaban J connectivity index is 1.53. The molecule has 1 amide bonds. The van der Waals surface area contributed by atoms with Crippen LogP contribution in [0, 0.1) is 24.8 Å². The van der Waals surface area contributed by atoms with Gasteiger partial charge < -0.3 is 20.5 Å². The van der Waals surface area contributed by atoms with Crippen molar-refractivity contribution in [2.24, 2.45) is 5.92 Å². The molecule has 2 aromatic heterocycles. The van der Waals surface area contributed by atoms with Crippen molar-refractivity contribution in [2.75, 3.05) is 17.2 Å². The third-order valence-electron chi connectivity index (χ3n) is 6.39. The minimum atomic E-state index is -0.441. The summed E-state index contributed by atoms with van der Waals surface area (Å²) in [6.07, 6.45) is 15.9. The van der Waals surface area contributed by atoms with E-state index in [1.165, 1.54) is 19.3 Å². The van der Waals surface area contributed by atoms with Gasteiger partial charge in [-0.25, -0.2) is 4.85 Å². The molecule has 1 aliphatic carbocycles. The molecule has 1 unspecified atom stereocenters. The van der Waals surface area contributed by atoms with Gasteiger partial charge >= 0.3 is 0 Å². The summed E-state index contributed by atoms with van der Waals surface area (Å²) in [7, 11) is 0. The monoisotopic (exact) mass is 481 g/mol. The quantitative estimate of drug-likeness (QED) is 0.282. The van der Waals surface area contributed by atoms with Gasteiger partial charge in [-0.2, -0.15) is 9.97 Å². The highest BCUT2D eigenvalue weighted by Gasteiger charge is 2.25. The Morgan fingerprint density at radius 2 is 1.92 bits per heavy atom. The molecule has 8 heteroatoms. The number of terminal acetylenes is 1. The van der Waals surface area contributed by atoms with E-state index in [0.29, 0.717) is 42.3 Å². The SMILES string of the molecule is [C-]#[N+]c1ccc(CNC(=O)C(CC2CCCCC2)Nc2cc(-n3cccc3)nc(NCC#C)n2)cc1. The minimum Gasteiger partial charge on any atom is -0.358 e. The standard InChI is InChI=1S/C28H31N7O/c1-3-15-30-28-33-25(19-26(34-28)35-16-7-8-17-35)32-24(18-21-9-5-4-6-10-21)27(36)31-20-22-11-13-23(29-2)14-12-22/h1,7-8,11-14,16-17,19,21,24H,4-6,9-10,15,18,20H2,(H,31,36)(H2,30,32,33,34). The topological polar surface area (TPSA) is 88.2 Å². The summed E-state index contributed by atoms with van der Waals surface area (Å²) in [4.78, 5) is 25.9. The molecule has 3 aromatic rings. The number of benzene rings is 1. The van der Waals surface area contributed by atoms with E-state index in [1.54, 1.807) is 12.1 Å². The van der Waals surface area contributed by atoms with Crippen LogP contribution in [0.15, 0.2) is 54.9 Å². The molecular weight excluding hydrogens is 450 g/mol. The normalized spacial score (nSPS) is 14.3. The van der Waals surface area contributed by atoms with E-state index >= 15 is 0 Å². The number of hydrogen-bond acceptors (Lipinski definition) is 5. The van der Waals surface area contributed by atoms with Crippen LogP contribution in [-0.4, -0.2) is 33.0 Å². The van der Waals surface area contributed by atoms with E-state index in [9.17, 15) is 4.79 Å². The minimum absolute atomic E-state index is 0.0749. The van der Waals surface area contributed by atoms with Gasteiger partial charge in [0.05, 0.1) is 13.1 Å². The van der Waals surface area contributed by atoms with E-state index in [2.05, 4.69) is 36.7 Å². The van der Waals surface area contributed by atoms with E-state index < -0.39 is 6.04 Å². The Bertz CT molecular complexity index is 1220. The lowest BCUT2D eigenvalue weighted by molar-refractivity contribution is -0.122. The first-order valence-electron chi connectivity index (χ1n) is 12.3. The lowest BCUT2D eigenvalue weighted by Crippen LogP contribution is -2.41. The molecule has 1 aromatic carbocycles. The summed E-state index contributed by atoms with van der Waals surface area (Å²) in [6.45, 7) is 7.80. The number of nitrogens with zero attached hydrogens (tertiary/aromatic N) is 4. The number of amides is 1. The van der Waals surface area contributed by atoms with E-state index in [-0.39, 0.29) is 5.91 Å². The number of nitrogens with one attached hydrogen (secondary N) is 3. The second-order valence-corrected chi connectivity index (χ2v) is 9.02. The Hall–Kier alpha value is -4.30. The molecular formula is C28H31N7O. The lowest BCUT2D eigenvalue weighted by atomic mass is 9.84. The molecule has 8 nitrogen and oxygen atoms in total.